The number of carbonyl (C=O) groups is 1. The Balaban J connectivity index is 1.62. The maximum absolute atomic E-state index is 12.7. The van der Waals surface area contributed by atoms with Crippen LogP contribution < -0.4 is 4.74 Å². The van der Waals surface area contributed by atoms with Gasteiger partial charge >= 0.3 is 0 Å². The number of nitrogens with zero attached hydrogens (tertiary/aromatic N) is 2. The lowest BCUT2D eigenvalue weighted by molar-refractivity contribution is -0.128. The van der Waals surface area contributed by atoms with E-state index in [1.54, 1.807) is 4.90 Å². The van der Waals surface area contributed by atoms with E-state index in [9.17, 15) is 13.2 Å². The summed E-state index contributed by atoms with van der Waals surface area (Å²) >= 11 is 0. The monoisotopic (exact) mass is 366 g/mol. The Hall–Kier alpha value is -1.90. The molecule has 1 amide bonds. The van der Waals surface area contributed by atoms with E-state index in [0.29, 0.717) is 31.8 Å². The fourth-order valence-corrected chi connectivity index (χ4v) is 4.28. The first-order valence-corrected chi connectivity index (χ1v) is 9.80. The third kappa shape index (κ3) is 4.02. The molecular formula is C17H22N2O5S. The molecule has 3 rings (SSSR count). The maximum Gasteiger partial charge on any atom is 0.253 e. The van der Waals surface area contributed by atoms with Crippen molar-refractivity contribution in [1.82, 2.24) is 9.21 Å². The highest BCUT2D eigenvalue weighted by atomic mass is 32.2. The first-order valence-electron chi connectivity index (χ1n) is 8.20. The highest BCUT2D eigenvalue weighted by molar-refractivity contribution is 7.89. The van der Waals surface area contributed by atoms with E-state index in [0.717, 1.165) is 11.3 Å². The van der Waals surface area contributed by atoms with Crippen LogP contribution in [0.5, 0.6) is 5.75 Å². The SMILES string of the molecule is COCCS(=O)(=O)N1CCN(C(=O)C2=Cc3ccccc3OC2)CC1. The third-order valence-corrected chi connectivity index (χ3v) is 6.21. The van der Waals surface area contributed by atoms with E-state index < -0.39 is 10.0 Å². The molecule has 2 aliphatic rings. The quantitative estimate of drug-likeness (QED) is 0.762. The number of fused-ring (bicyclic) bond motifs is 1. The number of piperazine rings is 1. The number of methoxy groups -OCH3 is 1. The molecule has 0 spiro atoms. The second-order valence-electron chi connectivity index (χ2n) is 6.00. The van der Waals surface area contributed by atoms with Gasteiger partial charge in [-0.05, 0) is 12.1 Å². The molecule has 7 nitrogen and oxygen atoms in total. The number of sulfonamides is 1. The average molecular weight is 366 g/mol. The van der Waals surface area contributed by atoms with Crippen LogP contribution in [0.1, 0.15) is 5.56 Å². The summed E-state index contributed by atoms with van der Waals surface area (Å²) in [6, 6.07) is 7.57. The van der Waals surface area contributed by atoms with Crippen LogP contribution in [-0.4, -0.2) is 75.8 Å². The second kappa shape index (κ2) is 7.55. The lowest BCUT2D eigenvalue weighted by Gasteiger charge is -2.34. The molecule has 0 atom stereocenters. The molecule has 1 fully saturated rings. The van der Waals surface area contributed by atoms with Gasteiger partial charge in [-0.25, -0.2) is 8.42 Å². The van der Waals surface area contributed by atoms with Crippen molar-refractivity contribution in [3.63, 3.8) is 0 Å². The predicted molar refractivity (Wildman–Crippen MR) is 93.7 cm³/mol. The lowest BCUT2D eigenvalue weighted by atomic mass is 10.1. The molecule has 1 saturated heterocycles. The Labute approximate surface area is 147 Å². The Kier molecular flexibility index (Phi) is 5.41. The van der Waals surface area contributed by atoms with Crippen LogP contribution in [0, 0.1) is 0 Å². The summed E-state index contributed by atoms with van der Waals surface area (Å²) in [4.78, 5) is 14.4. The van der Waals surface area contributed by atoms with E-state index in [4.69, 9.17) is 9.47 Å². The van der Waals surface area contributed by atoms with Crippen LogP contribution in [0.15, 0.2) is 29.8 Å². The molecule has 0 saturated carbocycles. The summed E-state index contributed by atoms with van der Waals surface area (Å²) in [7, 11) is -1.85. The molecular weight excluding hydrogens is 344 g/mol. The minimum absolute atomic E-state index is 0.0345. The molecule has 0 radical (unpaired) electrons. The highest BCUT2D eigenvalue weighted by Crippen LogP contribution is 2.26. The number of hydrogen-bond acceptors (Lipinski definition) is 5. The Bertz CT molecular complexity index is 767. The summed E-state index contributed by atoms with van der Waals surface area (Å²) < 4.78 is 36.2. The van der Waals surface area contributed by atoms with Crippen LogP contribution in [-0.2, 0) is 19.6 Å². The van der Waals surface area contributed by atoms with E-state index >= 15 is 0 Å². The molecule has 1 aromatic rings. The molecule has 0 bridgehead atoms. The first-order chi connectivity index (χ1) is 12.0. The number of hydrogen-bond donors (Lipinski definition) is 0. The van der Waals surface area contributed by atoms with Gasteiger partial charge < -0.3 is 14.4 Å². The minimum Gasteiger partial charge on any atom is -0.488 e. The lowest BCUT2D eigenvalue weighted by Crippen LogP contribution is -2.51. The largest absolute Gasteiger partial charge is 0.488 e. The highest BCUT2D eigenvalue weighted by Gasteiger charge is 2.30. The first kappa shape index (κ1) is 17.9. The van der Waals surface area contributed by atoms with Crippen LogP contribution in [0.4, 0.5) is 0 Å². The van der Waals surface area contributed by atoms with E-state index in [-0.39, 0.29) is 24.9 Å². The molecule has 2 heterocycles. The van der Waals surface area contributed by atoms with Crippen molar-refractivity contribution in [2.45, 2.75) is 0 Å². The van der Waals surface area contributed by atoms with Gasteiger partial charge in [-0.15, -0.1) is 0 Å². The Morgan fingerprint density at radius 3 is 2.64 bits per heavy atom. The number of ether oxygens (including phenoxy) is 2. The van der Waals surface area contributed by atoms with Crippen LogP contribution in [0.25, 0.3) is 6.08 Å². The van der Waals surface area contributed by atoms with Gasteiger partial charge in [-0.2, -0.15) is 4.31 Å². The van der Waals surface area contributed by atoms with Crippen molar-refractivity contribution in [1.29, 1.82) is 0 Å². The fourth-order valence-electron chi connectivity index (χ4n) is 2.93. The molecule has 0 unspecified atom stereocenters. The van der Waals surface area contributed by atoms with Crippen LogP contribution >= 0.6 is 0 Å². The van der Waals surface area contributed by atoms with Gasteiger partial charge in [0.05, 0.1) is 17.9 Å². The molecule has 2 aliphatic heterocycles. The summed E-state index contributed by atoms with van der Waals surface area (Å²) in [6.45, 7) is 1.78. The standard InChI is InChI=1S/C17H22N2O5S/c1-23-10-11-25(21,22)19-8-6-18(7-9-19)17(20)15-12-14-4-2-3-5-16(14)24-13-15/h2-5,12H,6-11,13H2,1H3. The van der Waals surface area contributed by atoms with E-state index in [1.807, 2.05) is 30.3 Å². The van der Waals surface area contributed by atoms with Crippen LogP contribution in [0.3, 0.4) is 0 Å². The number of benzene rings is 1. The maximum atomic E-state index is 12.7. The molecule has 8 heteroatoms. The summed E-state index contributed by atoms with van der Waals surface area (Å²) in [6.07, 6.45) is 1.85. The van der Waals surface area contributed by atoms with Crippen molar-refractivity contribution < 1.29 is 22.7 Å². The Morgan fingerprint density at radius 2 is 1.92 bits per heavy atom. The molecule has 0 N–H and O–H groups in total. The van der Waals surface area contributed by atoms with Gasteiger partial charge in [0.1, 0.15) is 12.4 Å². The van der Waals surface area contributed by atoms with Crippen molar-refractivity contribution in [2.24, 2.45) is 0 Å². The van der Waals surface area contributed by atoms with E-state index in [2.05, 4.69) is 0 Å². The molecule has 0 aliphatic carbocycles. The van der Waals surface area contributed by atoms with Crippen LogP contribution in [0.2, 0.25) is 0 Å². The van der Waals surface area contributed by atoms with Gasteiger partial charge in [0.15, 0.2) is 0 Å². The summed E-state index contributed by atoms with van der Waals surface area (Å²) in [5, 5.41) is 0. The zero-order chi connectivity index (χ0) is 17.9. The fraction of sp³-hybridized carbons (Fsp3) is 0.471. The van der Waals surface area contributed by atoms with Gasteiger partial charge in [-0.1, -0.05) is 18.2 Å². The molecule has 0 aromatic heterocycles. The molecule has 136 valence electrons. The van der Waals surface area contributed by atoms with Crippen molar-refractivity contribution in [2.75, 3.05) is 52.3 Å². The molecule has 1 aromatic carbocycles. The Morgan fingerprint density at radius 1 is 1.20 bits per heavy atom. The normalized spacial score (nSPS) is 18.3. The van der Waals surface area contributed by atoms with E-state index in [1.165, 1.54) is 11.4 Å². The van der Waals surface area contributed by atoms with Crippen molar-refractivity contribution >= 4 is 22.0 Å². The summed E-state index contributed by atoms with van der Waals surface area (Å²) in [5.41, 5.74) is 1.48. The number of para-hydroxylation sites is 1. The number of rotatable bonds is 5. The second-order valence-corrected chi connectivity index (χ2v) is 8.08. The number of amides is 1. The predicted octanol–water partition coefficient (Wildman–Crippen LogP) is 0.583. The van der Waals surface area contributed by atoms with Gasteiger partial charge in [0.2, 0.25) is 10.0 Å². The zero-order valence-electron chi connectivity index (χ0n) is 14.2. The molecule has 25 heavy (non-hydrogen) atoms. The zero-order valence-corrected chi connectivity index (χ0v) is 15.0. The smallest absolute Gasteiger partial charge is 0.253 e. The third-order valence-electron chi connectivity index (χ3n) is 4.37. The van der Waals surface area contributed by atoms with Gasteiger partial charge in [0, 0.05) is 38.9 Å². The van der Waals surface area contributed by atoms with Gasteiger partial charge in [-0.3, -0.25) is 4.79 Å². The van der Waals surface area contributed by atoms with Crippen molar-refractivity contribution in [3.8, 4) is 5.75 Å². The average Bonchev–Trinajstić information content (AvgIpc) is 2.65. The van der Waals surface area contributed by atoms with Crippen molar-refractivity contribution in [3.05, 3.63) is 35.4 Å². The number of carbonyl (C=O) groups excluding carboxylic acids is 1. The summed E-state index contributed by atoms with van der Waals surface area (Å²) in [5.74, 6) is 0.643. The minimum atomic E-state index is -3.33. The van der Waals surface area contributed by atoms with Gasteiger partial charge in [0.25, 0.3) is 5.91 Å². The topological polar surface area (TPSA) is 76.2 Å².